The first-order valence-corrected chi connectivity index (χ1v) is 9.66. The molecule has 2 rings (SSSR count). The molecule has 0 saturated carbocycles. The van der Waals surface area contributed by atoms with Gasteiger partial charge in [0.15, 0.2) is 0 Å². The van der Waals surface area contributed by atoms with Crippen LogP contribution in [0.4, 0.5) is 0 Å². The maximum atomic E-state index is 12.8. The monoisotopic (exact) mass is 394 g/mol. The first-order chi connectivity index (χ1) is 11.0. The highest BCUT2D eigenvalue weighted by Crippen LogP contribution is 2.48. The third-order valence-electron chi connectivity index (χ3n) is 4.85. The molecule has 24 heavy (non-hydrogen) atoms. The molecule has 0 aliphatic rings. The minimum Gasteiger partial charge on any atom is -0.305 e. The predicted octanol–water partition coefficient (Wildman–Crippen LogP) is 6.14. The normalized spacial score (nSPS) is 14.5. The van der Waals surface area contributed by atoms with Gasteiger partial charge in [-0.25, -0.2) is 4.79 Å². The molecule has 4 heteroatoms. The van der Waals surface area contributed by atoms with E-state index >= 15 is 0 Å². The topological polar surface area (TPSA) is 37.8 Å². The third-order valence-corrected chi connectivity index (χ3v) is 5.34. The van der Waals surface area contributed by atoms with Crippen LogP contribution in [0.25, 0.3) is 11.0 Å². The van der Waals surface area contributed by atoms with Crippen molar-refractivity contribution >= 4 is 27.0 Å². The molecule has 0 aliphatic heterocycles. The van der Waals surface area contributed by atoms with Crippen LogP contribution in [-0.2, 0) is 0 Å². The van der Waals surface area contributed by atoms with E-state index in [-0.39, 0.29) is 22.6 Å². The molecule has 0 saturated heterocycles. The van der Waals surface area contributed by atoms with Gasteiger partial charge in [-0.15, -0.1) is 0 Å². The Labute approximate surface area is 154 Å². The lowest BCUT2D eigenvalue weighted by Gasteiger charge is -2.46. The Hall–Kier alpha value is -1.03. The van der Waals surface area contributed by atoms with Gasteiger partial charge in [-0.3, -0.25) is 4.57 Å². The summed E-state index contributed by atoms with van der Waals surface area (Å²) in [5.74, 6) is 0.380. The average molecular weight is 395 g/mol. The Morgan fingerprint density at radius 2 is 1.71 bits per heavy atom. The number of benzene rings is 1. The second-order valence-electron chi connectivity index (χ2n) is 9.03. The largest absolute Gasteiger partial charge is 0.326 e. The molecule has 0 radical (unpaired) electrons. The number of nitrogens with one attached hydrogen (secondary N) is 1. The summed E-state index contributed by atoms with van der Waals surface area (Å²) in [6, 6.07) is 6.22. The minimum atomic E-state index is 0.0000463. The van der Waals surface area contributed by atoms with Crippen LogP contribution >= 0.6 is 15.9 Å². The molecule has 0 spiro atoms. The van der Waals surface area contributed by atoms with Gasteiger partial charge < -0.3 is 4.98 Å². The number of rotatable bonds is 4. The number of aromatic nitrogens is 2. The molecule has 1 heterocycles. The van der Waals surface area contributed by atoms with Gasteiger partial charge >= 0.3 is 5.69 Å². The standard InChI is InChI=1S/C20H31BrN2O/c1-8-9-16(17(19(2,3)4)20(5,6)7)23-15-11-10-13(21)12-14(15)22-18(23)24/h10-12,16-17H,8-9H2,1-7H3,(H,22,24)/t16-/m0/s1. The molecular formula is C20H31BrN2O. The van der Waals surface area contributed by atoms with E-state index < -0.39 is 0 Å². The summed E-state index contributed by atoms with van der Waals surface area (Å²) in [5, 5.41) is 0. The van der Waals surface area contributed by atoms with Crippen molar-refractivity contribution in [3.63, 3.8) is 0 Å². The zero-order chi connectivity index (χ0) is 18.3. The summed E-state index contributed by atoms with van der Waals surface area (Å²) in [4.78, 5) is 15.9. The van der Waals surface area contributed by atoms with Crippen LogP contribution < -0.4 is 5.69 Å². The van der Waals surface area contributed by atoms with Gasteiger partial charge in [-0.1, -0.05) is 70.8 Å². The quantitative estimate of drug-likeness (QED) is 0.663. The molecule has 1 N–H and O–H groups in total. The number of imidazole rings is 1. The van der Waals surface area contributed by atoms with Crippen LogP contribution in [0.15, 0.2) is 27.5 Å². The van der Waals surface area contributed by atoms with Crippen LogP contribution in [-0.4, -0.2) is 9.55 Å². The summed E-state index contributed by atoms with van der Waals surface area (Å²) in [7, 11) is 0. The van der Waals surface area contributed by atoms with E-state index in [1.807, 2.05) is 22.8 Å². The van der Waals surface area contributed by atoms with E-state index in [0.29, 0.717) is 5.92 Å². The minimum absolute atomic E-state index is 0.0000463. The summed E-state index contributed by atoms with van der Waals surface area (Å²) in [6.07, 6.45) is 2.06. The fourth-order valence-corrected chi connectivity index (χ4v) is 4.99. The number of aromatic amines is 1. The van der Waals surface area contributed by atoms with Crippen molar-refractivity contribution < 1.29 is 0 Å². The summed E-state index contributed by atoms with van der Waals surface area (Å²) >= 11 is 3.50. The lowest BCUT2D eigenvalue weighted by Crippen LogP contribution is -2.42. The lowest BCUT2D eigenvalue weighted by molar-refractivity contribution is 0.0436. The molecule has 1 atom stereocenters. The SMILES string of the molecule is CCC[C@@H](C(C(C)(C)C)C(C)(C)C)n1c(=O)[nH]c2cc(Br)ccc21. The van der Waals surface area contributed by atoms with Crippen molar-refractivity contribution in [2.45, 2.75) is 67.3 Å². The number of fused-ring (bicyclic) bond motifs is 1. The van der Waals surface area contributed by atoms with Crippen molar-refractivity contribution in [3.8, 4) is 0 Å². The molecule has 1 aromatic carbocycles. The zero-order valence-corrected chi connectivity index (χ0v) is 17.6. The highest BCUT2D eigenvalue weighted by Gasteiger charge is 2.41. The molecule has 0 bridgehead atoms. The Morgan fingerprint density at radius 3 is 2.21 bits per heavy atom. The maximum absolute atomic E-state index is 12.8. The Balaban J connectivity index is 2.71. The van der Waals surface area contributed by atoms with E-state index in [4.69, 9.17) is 0 Å². The van der Waals surface area contributed by atoms with E-state index in [1.54, 1.807) is 0 Å². The van der Waals surface area contributed by atoms with Gasteiger partial charge in [0.1, 0.15) is 0 Å². The predicted molar refractivity (Wildman–Crippen MR) is 107 cm³/mol. The summed E-state index contributed by atoms with van der Waals surface area (Å²) in [5.41, 5.74) is 2.12. The number of hydrogen-bond acceptors (Lipinski definition) is 1. The molecule has 0 aliphatic carbocycles. The number of halogens is 1. The average Bonchev–Trinajstić information content (AvgIpc) is 2.69. The second kappa shape index (κ2) is 6.70. The maximum Gasteiger partial charge on any atom is 0.326 e. The summed E-state index contributed by atoms with van der Waals surface area (Å²) in [6.45, 7) is 16.0. The lowest BCUT2D eigenvalue weighted by atomic mass is 9.62. The van der Waals surface area contributed by atoms with Gasteiger partial charge in [-0.05, 0) is 41.4 Å². The Morgan fingerprint density at radius 1 is 1.12 bits per heavy atom. The van der Waals surface area contributed by atoms with Gasteiger partial charge in [0.25, 0.3) is 0 Å². The molecule has 0 unspecified atom stereocenters. The van der Waals surface area contributed by atoms with Crippen molar-refractivity contribution in [1.29, 1.82) is 0 Å². The number of hydrogen-bond donors (Lipinski definition) is 1. The van der Waals surface area contributed by atoms with Crippen LogP contribution in [0.5, 0.6) is 0 Å². The molecule has 0 fully saturated rings. The first kappa shape index (κ1) is 19.3. The van der Waals surface area contributed by atoms with E-state index in [9.17, 15) is 4.79 Å². The Kier molecular flexibility index (Phi) is 5.39. The van der Waals surface area contributed by atoms with Gasteiger partial charge in [-0.2, -0.15) is 0 Å². The summed E-state index contributed by atoms with van der Waals surface area (Å²) < 4.78 is 2.99. The highest BCUT2D eigenvalue weighted by molar-refractivity contribution is 9.10. The smallest absolute Gasteiger partial charge is 0.305 e. The van der Waals surface area contributed by atoms with E-state index in [0.717, 1.165) is 28.3 Å². The molecule has 3 nitrogen and oxygen atoms in total. The fraction of sp³-hybridized carbons (Fsp3) is 0.650. The number of H-pyrrole nitrogens is 1. The van der Waals surface area contributed by atoms with Gasteiger partial charge in [0.05, 0.1) is 11.0 Å². The van der Waals surface area contributed by atoms with Crippen LogP contribution in [0, 0.1) is 16.7 Å². The molecule has 1 aromatic heterocycles. The molecule has 134 valence electrons. The highest BCUT2D eigenvalue weighted by atomic mass is 79.9. The van der Waals surface area contributed by atoms with Gasteiger partial charge in [0, 0.05) is 10.5 Å². The van der Waals surface area contributed by atoms with Crippen molar-refractivity contribution in [2.75, 3.05) is 0 Å². The first-order valence-electron chi connectivity index (χ1n) is 8.86. The van der Waals surface area contributed by atoms with E-state index in [1.165, 1.54) is 0 Å². The second-order valence-corrected chi connectivity index (χ2v) is 9.94. The molecule has 2 aromatic rings. The van der Waals surface area contributed by atoms with Crippen LogP contribution in [0.3, 0.4) is 0 Å². The third kappa shape index (κ3) is 3.79. The Bertz CT molecular complexity index is 745. The molecule has 0 amide bonds. The van der Waals surface area contributed by atoms with Crippen molar-refractivity contribution in [3.05, 3.63) is 33.2 Å². The van der Waals surface area contributed by atoms with Crippen molar-refractivity contribution in [1.82, 2.24) is 9.55 Å². The van der Waals surface area contributed by atoms with Crippen molar-refractivity contribution in [2.24, 2.45) is 16.7 Å². The fourth-order valence-electron chi connectivity index (χ4n) is 4.63. The van der Waals surface area contributed by atoms with Crippen LogP contribution in [0.1, 0.15) is 67.3 Å². The molecular weight excluding hydrogens is 364 g/mol. The number of nitrogens with zero attached hydrogens (tertiary/aromatic N) is 1. The van der Waals surface area contributed by atoms with Crippen LogP contribution in [0.2, 0.25) is 0 Å². The van der Waals surface area contributed by atoms with E-state index in [2.05, 4.69) is 69.4 Å². The van der Waals surface area contributed by atoms with Gasteiger partial charge in [0.2, 0.25) is 0 Å². The zero-order valence-electron chi connectivity index (χ0n) is 16.0.